The zero-order valence-corrected chi connectivity index (χ0v) is 17.6. The van der Waals surface area contributed by atoms with Crippen LogP contribution in [0.5, 0.6) is 5.75 Å². The van der Waals surface area contributed by atoms with Gasteiger partial charge in [0.1, 0.15) is 5.75 Å². The van der Waals surface area contributed by atoms with Crippen LogP contribution in [0, 0.1) is 5.92 Å². The lowest BCUT2D eigenvalue weighted by atomic mass is 10.1. The first-order valence-electron chi connectivity index (χ1n) is 10.5. The van der Waals surface area contributed by atoms with Gasteiger partial charge in [0.05, 0.1) is 5.69 Å². The number of phenols is 1. The molecule has 1 atom stereocenters. The zero-order valence-electron chi connectivity index (χ0n) is 17.6. The molecular formula is C21H36N6O. The highest BCUT2D eigenvalue weighted by atomic mass is 16.3. The minimum absolute atomic E-state index is 0.358. The van der Waals surface area contributed by atoms with Gasteiger partial charge < -0.3 is 30.0 Å². The van der Waals surface area contributed by atoms with E-state index in [9.17, 15) is 5.11 Å². The van der Waals surface area contributed by atoms with E-state index in [2.05, 4.69) is 43.9 Å². The lowest BCUT2D eigenvalue weighted by molar-refractivity contribution is 0.139. The minimum Gasteiger partial charge on any atom is -0.506 e. The number of nitrogens with zero attached hydrogens (tertiary/aromatic N) is 5. The summed E-state index contributed by atoms with van der Waals surface area (Å²) in [6.45, 7) is 12.7. The second-order valence-electron chi connectivity index (χ2n) is 8.10. The zero-order chi connectivity index (χ0) is 19.9. The van der Waals surface area contributed by atoms with Crippen LogP contribution in [0.15, 0.2) is 29.3 Å². The number of hydrogen-bond donors (Lipinski definition) is 2. The number of anilines is 1. The average Bonchev–Trinajstić information content (AvgIpc) is 2.71. The first-order chi connectivity index (χ1) is 13.6. The molecule has 2 heterocycles. The fourth-order valence-electron chi connectivity index (χ4n) is 4.02. The number of guanidine groups is 1. The van der Waals surface area contributed by atoms with Crippen molar-refractivity contribution in [3.63, 3.8) is 0 Å². The van der Waals surface area contributed by atoms with Gasteiger partial charge in [-0.25, -0.2) is 0 Å². The van der Waals surface area contributed by atoms with Crippen LogP contribution in [-0.4, -0.2) is 105 Å². The van der Waals surface area contributed by atoms with Crippen LogP contribution in [0.25, 0.3) is 0 Å². The van der Waals surface area contributed by atoms with Crippen molar-refractivity contribution < 1.29 is 5.11 Å². The van der Waals surface area contributed by atoms with Crippen molar-refractivity contribution in [2.24, 2.45) is 10.9 Å². The summed E-state index contributed by atoms with van der Waals surface area (Å²) >= 11 is 0. The summed E-state index contributed by atoms with van der Waals surface area (Å²) in [6.07, 6.45) is 0. The van der Waals surface area contributed by atoms with Gasteiger partial charge in [0.2, 0.25) is 0 Å². The summed E-state index contributed by atoms with van der Waals surface area (Å²) in [5.74, 6) is 1.93. The van der Waals surface area contributed by atoms with E-state index in [0.717, 1.165) is 50.9 Å². The Morgan fingerprint density at radius 1 is 1.07 bits per heavy atom. The minimum atomic E-state index is 0.358. The Bertz CT molecular complexity index is 636. The Balaban J connectivity index is 1.43. The summed E-state index contributed by atoms with van der Waals surface area (Å²) in [7, 11) is 4.06. The third kappa shape index (κ3) is 5.52. The highest BCUT2D eigenvalue weighted by Crippen LogP contribution is 2.27. The van der Waals surface area contributed by atoms with Gasteiger partial charge >= 0.3 is 0 Å². The van der Waals surface area contributed by atoms with Gasteiger partial charge in [0.15, 0.2) is 5.96 Å². The second kappa shape index (κ2) is 9.98. The lowest BCUT2D eigenvalue weighted by Crippen LogP contribution is -2.53. The van der Waals surface area contributed by atoms with Gasteiger partial charge in [-0.2, -0.15) is 0 Å². The number of piperazine rings is 2. The number of para-hydroxylation sites is 2. The number of nitrogens with one attached hydrogen (secondary N) is 1. The highest BCUT2D eigenvalue weighted by molar-refractivity contribution is 5.80. The first kappa shape index (κ1) is 20.7. The quantitative estimate of drug-likeness (QED) is 0.579. The molecule has 7 nitrogen and oxygen atoms in total. The van der Waals surface area contributed by atoms with E-state index in [1.165, 1.54) is 26.2 Å². The maximum Gasteiger partial charge on any atom is 0.193 e. The van der Waals surface area contributed by atoms with Crippen molar-refractivity contribution in [2.75, 3.05) is 84.4 Å². The van der Waals surface area contributed by atoms with Gasteiger partial charge in [-0.15, -0.1) is 0 Å². The van der Waals surface area contributed by atoms with E-state index < -0.39 is 0 Å². The molecule has 3 rings (SSSR count). The van der Waals surface area contributed by atoms with Crippen molar-refractivity contribution in [3.8, 4) is 5.75 Å². The molecule has 1 aromatic rings. The molecule has 0 spiro atoms. The predicted octanol–water partition coefficient (Wildman–Crippen LogP) is 0.973. The Morgan fingerprint density at radius 2 is 1.75 bits per heavy atom. The fraction of sp³-hybridized carbons (Fsp3) is 0.667. The van der Waals surface area contributed by atoms with Gasteiger partial charge in [0.25, 0.3) is 0 Å². The Labute approximate surface area is 169 Å². The molecule has 2 fully saturated rings. The molecular weight excluding hydrogens is 352 g/mol. The Hall–Kier alpha value is -1.99. The topological polar surface area (TPSA) is 57.6 Å². The summed E-state index contributed by atoms with van der Waals surface area (Å²) in [5.41, 5.74) is 0.922. The molecule has 0 amide bonds. The summed E-state index contributed by atoms with van der Waals surface area (Å²) in [6, 6.07) is 7.58. The van der Waals surface area contributed by atoms with Crippen molar-refractivity contribution in [2.45, 2.75) is 6.92 Å². The van der Waals surface area contributed by atoms with Gasteiger partial charge in [-0.1, -0.05) is 19.1 Å². The molecule has 0 radical (unpaired) electrons. The molecule has 28 heavy (non-hydrogen) atoms. The van der Waals surface area contributed by atoms with E-state index in [4.69, 9.17) is 0 Å². The molecule has 0 aliphatic carbocycles. The van der Waals surface area contributed by atoms with Crippen molar-refractivity contribution in [1.29, 1.82) is 0 Å². The normalized spacial score (nSPS) is 21.0. The van der Waals surface area contributed by atoms with Crippen LogP contribution in [-0.2, 0) is 0 Å². The largest absolute Gasteiger partial charge is 0.506 e. The first-order valence-corrected chi connectivity index (χ1v) is 10.5. The van der Waals surface area contributed by atoms with E-state index in [0.29, 0.717) is 11.7 Å². The smallest absolute Gasteiger partial charge is 0.193 e. The maximum absolute atomic E-state index is 10.1. The maximum atomic E-state index is 10.1. The van der Waals surface area contributed by atoms with Crippen LogP contribution in [0.1, 0.15) is 6.92 Å². The third-order valence-corrected chi connectivity index (χ3v) is 5.79. The molecule has 0 aromatic heterocycles. The van der Waals surface area contributed by atoms with Crippen LogP contribution in [0.2, 0.25) is 0 Å². The number of rotatable bonds is 5. The molecule has 7 heteroatoms. The number of aliphatic imine (C=N–C) groups is 1. The Morgan fingerprint density at radius 3 is 2.39 bits per heavy atom. The highest BCUT2D eigenvalue weighted by Gasteiger charge is 2.22. The summed E-state index contributed by atoms with van der Waals surface area (Å²) in [5, 5.41) is 13.7. The monoisotopic (exact) mass is 388 g/mol. The molecule has 2 aliphatic heterocycles. The average molecular weight is 389 g/mol. The molecule has 1 aromatic carbocycles. The number of likely N-dealkylation sites (N-methyl/N-ethyl adjacent to an activating group) is 1. The lowest BCUT2D eigenvalue weighted by Gasteiger charge is -2.38. The van der Waals surface area contributed by atoms with Crippen molar-refractivity contribution >= 4 is 11.6 Å². The van der Waals surface area contributed by atoms with Crippen LogP contribution in [0.4, 0.5) is 5.69 Å². The van der Waals surface area contributed by atoms with Gasteiger partial charge in [0, 0.05) is 72.5 Å². The number of benzene rings is 1. The molecule has 2 saturated heterocycles. The predicted molar refractivity (Wildman–Crippen MR) is 116 cm³/mol. The molecule has 2 aliphatic rings. The number of aromatic hydroxyl groups is 1. The summed E-state index contributed by atoms with van der Waals surface area (Å²) in [4.78, 5) is 14.0. The second-order valence-corrected chi connectivity index (χ2v) is 8.10. The standard InChI is InChI=1S/C21H36N6O/c1-18(17-25-10-8-24(3)9-11-25)16-23-21(22-2)27-14-12-26(13-15-27)19-6-4-5-7-20(19)28/h4-7,18,28H,8-17H2,1-3H3,(H,22,23). The number of phenolic OH excluding ortho intramolecular Hbond substituents is 1. The van der Waals surface area contributed by atoms with E-state index in [-0.39, 0.29) is 0 Å². The molecule has 156 valence electrons. The molecule has 0 saturated carbocycles. The van der Waals surface area contributed by atoms with Crippen LogP contribution >= 0.6 is 0 Å². The fourth-order valence-corrected chi connectivity index (χ4v) is 4.02. The van der Waals surface area contributed by atoms with E-state index >= 15 is 0 Å². The number of hydrogen-bond acceptors (Lipinski definition) is 5. The van der Waals surface area contributed by atoms with Crippen molar-refractivity contribution in [3.05, 3.63) is 24.3 Å². The van der Waals surface area contributed by atoms with Gasteiger partial charge in [-0.3, -0.25) is 4.99 Å². The van der Waals surface area contributed by atoms with Crippen LogP contribution in [0.3, 0.4) is 0 Å². The summed E-state index contributed by atoms with van der Waals surface area (Å²) < 4.78 is 0. The third-order valence-electron chi connectivity index (χ3n) is 5.79. The van der Waals surface area contributed by atoms with E-state index in [1.807, 2.05) is 25.2 Å². The van der Waals surface area contributed by atoms with Gasteiger partial charge in [-0.05, 0) is 25.1 Å². The SMILES string of the molecule is CN=C(NCC(C)CN1CCN(C)CC1)N1CCN(c2ccccc2O)CC1. The van der Waals surface area contributed by atoms with Crippen molar-refractivity contribution in [1.82, 2.24) is 20.0 Å². The van der Waals surface area contributed by atoms with E-state index in [1.54, 1.807) is 6.07 Å². The molecule has 2 N–H and O–H groups in total. The molecule has 1 unspecified atom stereocenters. The Kier molecular flexibility index (Phi) is 7.39. The van der Waals surface area contributed by atoms with Crippen LogP contribution < -0.4 is 10.2 Å². The molecule has 0 bridgehead atoms.